The number of carbonyl (C=O) groups is 2. The highest BCUT2D eigenvalue weighted by atomic mass is 16.4. The molecule has 2 N–H and O–H groups in total. The van der Waals surface area contributed by atoms with E-state index in [0.717, 1.165) is 23.2 Å². The Morgan fingerprint density at radius 1 is 1.53 bits per heavy atom. The molecule has 0 radical (unpaired) electrons. The highest BCUT2D eigenvalue weighted by Gasteiger charge is 2.35. The van der Waals surface area contributed by atoms with Gasteiger partial charge >= 0.3 is 5.97 Å². The fraction of sp³-hybridized carbons (Fsp3) is 0.429. The zero-order valence-corrected chi connectivity index (χ0v) is 11.1. The van der Waals surface area contributed by atoms with Crippen LogP contribution in [0.3, 0.4) is 0 Å². The van der Waals surface area contributed by atoms with Crippen molar-refractivity contribution >= 4 is 17.6 Å². The minimum Gasteiger partial charge on any atom is -0.480 e. The number of amides is 1. The Balaban J connectivity index is 2.53. The van der Waals surface area contributed by atoms with Crippen LogP contribution < -0.4 is 10.2 Å². The average molecular weight is 262 g/mol. The summed E-state index contributed by atoms with van der Waals surface area (Å²) in [7, 11) is 0. The first kappa shape index (κ1) is 13.5. The molecule has 0 aromatic heterocycles. The molecule has 0 saturated carbocycles. The highest BCUT2D eigenvalue weighted by molar-refractivity contribution is 6.02. The third-order valence-corrected chi connectivity index (χ3v) is 3.42. The van der Waals surface area contributed by atoms with E-state index < -0.39 is 12.0 Å². The molecule has 1 unspecified atom stereocenters. The fourth-order valence-corrected chi connectivity index (χ4v) is 2.49. The number of para-hydroxylation sites is 1. The van der Waals surface area contributed by atoms with Crippen molar-refractivity contribution < 1.29 is 14.7 Å². The number of aliphatic carboxylic acids is 1. The zero-order chi connectivity index (χ0) is 14.0. The van der Waals surface area contributed by atoms with E-state index in [1.165, 1.54) is 4.90 Å². The SMILES string of the molecule is CCc1cccc(C)c1N1C(=O)CNCC1C(=O)O. The van der Waals surface area contributed by atoms with Crippen LogP contribution in [0, 0.1) is 6.92 Å². The first-order valence-corrected chi connectivity index (χ1v) is 6.40. The molecule has 1 atom stereocenters. The van der Waals surface area contributed by atoms with E-state index >= 15 is 0 Å². The predicted molar refractivity (Wildman–Crippen MR) is 72.3 cm³/mol. The van der Waals surface area contributed by atoms with Gasteiger partial charge in [-0.05, 0) is 24.5 Å². The maximum absolute atomic E-state index is 12.1. The first-order valence-electron chi connectivity index (χ1n) is 6.40. The van der Waals surface area contributed by atoms with E-state index in [0.29, 0.717) is 0 Å². The van der Waals surface area contributed by atoms with Gasteiger partial charge in [-0.1, -0.05) is 25.1 Å². The molecule has 1 aliphatic rings. The molecule has 1 aliphatic heterocycles. The Bertz CT molecular complexity index is 513. The Kier molecular flexibility index (Phi) is 3.85. The van der Waals surface area contributed by atoms with Gasteiger partial charge in [-0.25, -0.2) is 4.79 Å². The molecule has 0 bridgehead atoms. The Morgan fingerprint density at radius 2 is 2.26 bits per heavy atom. The molecule has 19 heavy (non-hydrogen) atoms. The number of aryl methyl sites for hydroxylation is 2. The lowest BCUT2D eigenvalue weighted by molar-refractivity contribution is -0.140. The van der Waals surface area contributed by atoms with Crippen molar-refractivity contribution in [2.75, 3.05) is 18.0 Å². The molecular weight excluding hydrogens is 244 g/mol. The molecule has 1 amide bonds. The Labute approximate surface area is 112 Å². The van der Waals surface area contributed by atoms with Gasteiger partial charge in [0.2, 0.25) is 5.91 Å². The van der Waals surface area contributed by atoms with E-state index in [9.17, 15) is 14.7 Å². The summed E-state index contributed by atoms with van der Waals surface area (Å²) in [5.74, 6) is -1.17. The van der Waals surface area contributed by atoms with Crippen LogP contribution in [-0.2, 0) is 16.0 Å². The number of anilines is 1. The number of carboxylic acids is 1. The fourth-order valence-electron chi connectivity index (χ4n) is 2.49. The van der Waals surface area contributed by atoms with Gasteiger partial charge < -0.3 is 10.4 Å². The van der Waals surface area contributed by atoms with E-state index in [-0.39, 0.29) is 19.0 Å². The lowest BCUT2D eigenvalue weighted by Gasteiger charge is -2.35. The molecule has 1 aromatic rings. The average Bonchev–Trinajstić information content (AvgIpc) is 2.38. The van der Waals surface area contributed by atoms with Gasteiger partial charge in [0.15, 0.2) is 0 Å². The van der Waals surface area contributed by atoms with Gasteiger partial charge in [0.25, 0.3) is 0 Å². The minimum atomic E-state index is -0.981. The topological polar surface area (TPSA) is 69.6 Å². The number of carbonyl (C=O) groups excluding carboxylic acids is 1. The Hall–Kier alpha value is -1.88. The van der Waals surface area contributed by atoms with Crippen molar-refractivity contribution in [1.29, 1.82) is 0 Å². The summed E-state index contributed by atoms with van der Waals surface area (Å²) in [6.45, 7) is 4.36. The van der Waals surface area contributed by atoms with Crippen LogP contribution in [0.5, 0.6) is 0 Å². The summed E-state index contributed by atoms with van der Waals surface area (Å²) >= 11 is 0. The third kappa shape index (κ3) is 2.46. The van der Waals surface area contributed by atoms with Crippen molar-refractivity contribution in [1.82, 2.24) is 5.32 Å². The lowest BCUT2D eigenvalue weighted by Crippen LogP contribution is -2.58. The zero-order valence-electron chi connectivity index (χ0n) is 11.1. The monoisotopic (exact) mass is 262 g/mol. The first-order chi connectivity index (χ1) is 9.06. The van der Waals surface area contributed by atoms with Crippen LogP contribution in [0.25, 0.3) is 0 Å². The summed E-state index contributed by atoms with van der Waals surface area (Å²) in [6, 6.07) is 4.94. The second-order valence-electron chi connectivity index (χ2n) is 4.68. The van der Waals surface area contributed by atoms with Gasteiger partial charge in [-0.15, -0.1) is 0 Å². The highest BCUT2D eigenvalue weighted by Crippen LogP contribution is 2.28. The van der Waals surface area contributed by atoms with Crippen molar-refractivity contribution in [3.05, 3.63) is 29.3 Å². The molecule has 5 nitrogen and oxygen atoms in total. The van der Waals surface area contributed by atoms with Crippen LogP contribution in [0.2, 0.25) is 0 Å². The van der Waals surface area contributed by atoms with E-state index in [2.05, 4.69) is 5.32 Å². The summed E-state index contributed by atoms with van der Waals surface area (Å²) in [6.07, 6.45) is 0.764. The summed E-state index contributed by atoms with van der Waals surface area (Å²) in [5, 5.41) is 12.2. The summed E-state index contributed by atoms with van der Waals surface area (Å²) < 4.78 is 0. The molecule has 2 rings (SSSR count). The van der Waals surface area contributed by atoms with Crippen LogP contribution in [0.4, 0.5) is 5.69 Å². The molecule has 0 spiro atoms. The van der Waals surface area contributed by atoms with Gasteiger partial charge in [0.05, 0.1) is 12.2 Å². The smallest absolute Gasteiger partial charge is 0.328 e. The number of carboxylic acid groups (broad SMARTS) is 1. The van der Waals surface area contributed by atoms with Crippen LogP contribution in [-0.4, -0.2) is 36.1 Å². The van der Waals surface area contributed by atoms with Crippen molar-refractivity contribution in [2.45, 2.75) is 26.3 Å². The molecule has 1 fully saturated rings. The summed E-state index contributed by atoms with van der Waals surface area (Å²) in [5.41, 5.74) is 2.69. The van der Waals surface area contributed by atoms with Crippen LogP contribution >= 0.6 is 0 Å². The van der Waals surface area contributed by atoms with Crippen LogP contribution in [0.15, 0.2) is 18.2 Å². The lowest BCUT2D eigenvalue weighted by atomic mass is 10.0. The number of hydrogen-bond donors (Lipinski definition) is 2. The molecular formula is C14H18N2O3. The van der Waals surface area contributed by atoms with E-state index in [1.807, 2.05) is 32.0 Å². The number of nitrogens with one attached hydrogen (secondary N) is 1. The normalized spacial score (nSPS) is 19.6. The predicted octanol–water partition coefficient (Wildman–Crippen LogP) is 0.947. The molecule has 1 saturated heterocycles. The van der Waals surface area contributed by atoms with E-state index in [1.54, 1.807) is 0 Å². The number of nitrogens with zero attached hydrogens (tertiary/aromatic N) is 1. The van der Waals surface area contributed by atoms with Gasteiger partial charge in [0.1, 0.15) is 6.04 Å². The molecule has 0 aliphatic carbocycles. The standard InChI is InChI=1S/C14H18N2O3/c1-3-10-6-4-5-9(2)13(10)16-11(14(18)19)7-15-8-12(16)17/h4-6,11,15H,3,7-8H2,1-2H3,(H,18,19). The maximum Gasteiger partial charge on any atom is 0.328 e. The summed E-state index contributed by atoms with van der Waals surface area (Å²) in [4.78, 5) is 24.9. The quantitative estimate of drug-likeness (QED) is 0.851. The second kappa shape index (κ2) is 5.40. The number of rotatable bonds is 3. The molecule has 1 heterocycles. The van der Waals surface area contributed by atoms with Gasteiger partial charge in [-0.2, -0.15) is 0 Å². The van der Waals surface area contributed by atoms with Crippen LogP contribution in [0.1, 0.15) is 18.1 Å². The Morgan fingerprint density at radius 3 is 2.89 bits per heavy atom. The number of benzene rings is 1. The van der Waals surface area contributed by atoms with E-state index in [4.69, 9.17) is 0 Å². The van der Waals surface area contributed by atoms with Gasteiger partial charge in [-0.3, -0.25) is 9.69 Å². The third-order valence-electron chi connectivity index (χ3n) is 3.42. The maximum atomic E-state index is 12.1. The molecule has 5 heteroatoms. The molecule has 1 aromatic carbocycles. The largest absolute Gasteiger partial charge is 0.480 e. The number of hydrogen-bond acceptors (Lipinski definition) is 3. The van der Waals surface area contributed by atoms with Crippen molar-refractivity contribution in [2.24, 2.45) is 0 Å². The van der Waals surface area contributed by atoms with Crippen molar-refractivity contribution in [3.63, 3.8) is 0 Å². The second-order valence-corrected chi connectivity index (χ2v) is 4.68. The van der Waals surface area contributed by atoms with Gasteiger partial charge in [0, 0.05) is 6.54 Å². The minimum absolute atomic E-state index is 0.182. The van der Waals surface area contributed by atoms with Crippen molar-refractivity contribution in [3.8, 4) is 0 Å². The molecule has 102 valence electrons. The number of piperazine rings is 1.